The fourth-order valence-corrected chi connectivity index (χ4v) is 1.32. The van der Waals surface area contributed by atoms with Gasteiger partial charge in [0, 0.05) is 0 Å². The molecule has 0 saturated carbocycles. The van der Waals surface area contributed by atoms with Gasteiger partial charge in [-0.2, -0.15) is 0 Å². The smallest absolute Gasteiger partial charge is 0.123 e. The van der Waals surface area contributed by atoms with Gasteiger partial charge in [-0.3, -0.25) is 0 Å². The Hall–Kier alpha value is -0.930. The molecule has 1 rings (SSSR count). The zero-order valence-electron chi connectivity index (χ0n) is 8.55. The molecule has 0 saturated heterocycles. The molecule has 0 spiro atoms. The SMILES string of the molecule is CNCCC(C)(O)c1ccc(F)cc1. The second-order valence-corrected chi connectivity index (χ2v) is 3.63. The van der Waals surface area contributed by atoms with Gasteiger partial charge in [0.2, 0.25) is 0 Å². The first-order valence-corrected chi connectivity index (χ1v) is 4.69. The fourth-order valence-electron chi connectivity index (χ4n) is 1.32. The first-order chi connectivity index (χ1) is 6.56. The third-order valence-electron chi connectivity index (χ3n) is 2.33. The molecule has 0 aliphatic heterocycles. The number of aliphatic hydroxyl groups is 1. The largest absolute Gasteiger partial charge is 0.385 e. The molecular weight excluding hydrogens is 181 g/mol. The van der Waals surface area contributed by atoms with Crippen molar-refractivity contribution in [2.75, 3.05) is 13.6 Å². The van der Waals surface area contributed by atoms with E-state index in [1.165, 1.54) is 12.1 Å². The van der Waals surface area contributed by atoms with Crippen LogP contribution in [0, 0.1) is 5.82 Å². The molecule has 0 heterocycles. The predicted octanol–water partition coefficient (Wildman–Crippen LogP) is 1.64. The molecule has 0 aromatic heterocycles. The molecule has 0 aliphatic rings. The van der Waals surface area contributed by atoms with Crippen LogP contribution in [0.2, 0.25) is 0 Å². The van der Waals surface area contributed by atoms with Crippen molar-refractivity contribution in [3.05, 3.63) is 35.6 Å². The van der Waals surface area contributed by atoms with Gasteiger partial charge >= 0.3 is 0 Å². The summed E-state index contributed by atoms with van der Waals surface area (Å²) in [6.07, 6.45) is 0.606. The number of hydrogen-bond acceptors (Lipinski definition) is 2. The maximum atomic E-state index is 12.6. The van der Waals surface area contributed by atoms with Gasteiger partial charge in [-0.15, -0.1) is 0 Å². The van der Waals surface area contributed by atoms with Crippen LogP contribution in [0.1, 0.15) is 18.9 Å². The molecule has 0 radical (unpaired) electrons. The van der Waals surface area contributed by atoms with Crippen molar-refractivity contribution in [3.63, 3.8) is 0 Å². The summed E-state index contributed by atoms with van der Waals surface area (Å²) in [7, 11) is 1.83. The Kier molecular flexibility index (Phi) is 3.61. The summed E-state index contributed by atoms with van der Waals surface area (Å²) in [6, 6.07) is 5.96. The Morgan fingerprint density at radius 1 is 1.36 bits per heavy atom. The summed E-state index contributed by atoms with van der Waals surface area (Å²) in [5, 5.41) is 13.0. The summed E-state index contributed by atoms with van der Waals surface area (Å²) in [5.74, 6) is -0.279. The van der Waals surface area contributed by atoms with E-state index in [1.807, 2.05) is 7.05 Å². The molecule has 1 aromatic rings. The molecule has 0 aliphatic carbocycles. The van der Waals surface area contributed by atoms with Crippen molar-refractivity contribution in [1.82, 2.24) is 5.32 Å². The van der Waals surface area contributed by atoms with Gasteiger partial charge in [0.15, 0.2) is 0 Å². The van der Waals surface area contributed by atoms with Crippen LogP contribution < -0.4 is 5.32 Å². The van der Waals surface area contributed by atoms with E-state index in [0.717, 1.165) is 12.1 Å². The van der Waals surface area contributed by atoms with Gasteiger partial charge in [0.25, 0.3) is 0 Å². The number of benzene rings is 1. The molecule has 0 amide bonds. The van der Waals surface area contributed by atoms with E-state index in [2.05, 4.69) is 5.32 Å². The highest BCUT2D eigenvalue weighted by molar-refractivity contribution is 5.22. The van der Waals surface area contributed by atoms with Crippen LogP contribution >= 0.6 is 0 Å². The average molecular weight is 197 g/mol. The minimum atomic E-state index is -0.892. The molecule has 14 heavy (non-hydrogen) atoms. The molecule has 2 nitrogen and oxygen atoms in total. The van der Waals surface area contributed by atoms with Crippen molar-refractivity contribution in [3.8, 4) is 0 Å². The highest BCUT2D eigenvalue weighted by Gasteiger charge is 2.21. The van der Waals surface area contributed by atoms with Crippen LogP contribution in [0.15, 0.2) is 24.3 Å². The number of hydrogen-bond donors (Lipinski definition) is 2. The third-order valence-corrected chi connectivity index (χ3v) is 2.33. The van der Waals surface area contributed by atoms with E-state index in [9.17, 15) is 9.50 Å². The van der Waals surface area contributed by atoms with E-state index < -0.39 is 5.60 Å². The molecule has 78 valence electrons. The molecule has 1 unspecified atom stereocenters. The molecular formula is C11H16FNO. The lowest BCUT2D eigenvalue weighted by molar-refractivity contribution is 0.0485. The van der Waals surface area contributed by atoms with E-state index in [-0.39, 0.29) is 5.82 Å². The van der Waals surface area contributed by atoms with Crippen molar-refractivity contribution >= 4 is 0 Å². The van der Waals surface area contributed by atoms with E-state index >= 15 is 0 Å². The topological polar surface area (TPSA) is 32.3 Å². The van der Waals surface area contributed by atoms with Crippen LogP contribution in [0.4, 0.5) is 4.39 Å². The van der Waals surface area contributed by atoms with Crippen LogP contribution in [-0.2, 0) is 5.60 Å². The quantitative estimate of drug-likeness (QED) is 0.769. The Balaban J connectivity index is 2.75. The van der Waals surface area contributed by atoms with Crippen molar-refractivity contribution in [2.24, 2.45) is 0 Å². The molecule has 2 N–H and O–H groups in total. The standard InChI is InChI=1S/C11H16FNO/c1-11(14,7-8-13-2)9-3-5-10(12)6-4-9/h3-6,13-14H,7-8H2,1-2H3. The summed E-state index contributed by atoms with van der Waals surface area (Å²) >= 11 is 0. The zero-order chi connectivity index (χ0) is 10.6. The van der Waals surface area contributed by atoms with Crippen LogP contribution in [0.5, 0.6) is 0 Å². The third kappa shape index (κ3) is 2.79. The van der Waals surface area contributed by atoms with Crippen molar-refractivity contribution in [2.45, 2.75) is 18.9 Å². The number of halogens is 1. The summed E-state index contributed by atoms with van der Waals surface area (Å²) in [6.45, 7) is 2.46. The molecule has 1 atom stereocenters. The summed E-state index contributed by atoms with van der Waals surface area (Å²) in [5.41, 5.74) is -0.148. The van der Waals surface area contributed by atoms with E-state index in [1.54, 1.807) is 19.1 Å². The monoisotopic (exact) mass is 197 g/mol. The fraction of sp³-hybridized carbons (Fsp3) is 0.455. The minimum Gasteiger partial charge on any atom is -0.385 e. The summed E-state index contributed by atoms with van der Waals surface area (Å²) < 4.78 is 12.6. The average Bonchev–Trinajstić information content (AvgIpc) is 2.16. The van der Waals surface area contributed by atoms with Crippen molar-refractivity contribution in [1.29, 1.82) is 0 Å². The van der Waals surface area contributed by atoms with Crippen LogP contribution in [0.3, 0.4) is 0 Å². The Morgan fingerprint density at radius 3 is 2.43 bits per heavy atom. The number of rotatable bonds is 4. The highest BCUT2D eigenvalue weighted by atomic mass is 19.1. The van der Waals surface area contributed by atoms with Crippen LogP contribution in [0.25, 0.3) is 0 Å². The maximum Gasteiger partial charge on any atom is 0.123 e. The molecule has 0 fully saturated rings. The number of nitrogens with one attached hydrogen (secondary N) is 1. The van der Waals surface area contributed by atoms with E-state index in [4.69, 9.17) is 0 Å². The first kappa shape index (κ1) is 11.1. The summed E-state index contributed by atoms with van der Waals surface area (Å²) in [4.78, 5) is 0. The second-order valence-electron chi connectivity index (χ2n) is 3.63. The highest BCUT2D eigenvalue weighted by Crippen LogP contribution is 2.23. The van der Waals surface area contributed by atoms with Gasteiger partial charge in [-0.05, 0) is 44.6 Å². The van der Waals surface area contributed by atoms with Gasteiger partial charge < -0.3 is 10.4 Å². The van der Waals surface area contributed by atoms with Gasteiger partial charge in [-0.25, -0.2) is 4.39 Å². The molecule has 1 aromatic carbocycles. The minimum absolute atomic E-state index is 0.279. The lowest BCUT2D eigenvalue weighted by Crippen LogP contribution is -2.26. The van der Waals surface area contributed by atoms with Gasteiger partial charge in [0.1, 0.15) is 5.82 Å². The predicted molar refractivity (Wildman–Crippen MR) is 54.5 cm³/mol. The van der Waals surface area contributed by atoms with Crippen molar-refractivity contribution < 1.29 is 9.50 Å². The van der Waals surface area contributed by atoms with E-state index in [0.29, 0.717) is 6.42 Å². The molecule has 3 heteroatoms. The first-order valence-electron chi connectivity index (χ1n) is 4.69. The van der Waals surface area contributed by atoms with Gasteiger partial charge in [-0.1, -0.05) is 12.1 Å². The van der Waals surface area contributed by atoms with Crippen LogP contribution in [-0.4, -0.2) is 18.7 Å². The Labute approximate surface area is 83.8 Å². The lowest BCUT2D eigenvalue weighted by Gasteiger charge is -2.23. The molecule has 0 bridgehead atoms. The normalized spacial score (nSPS) is 15.1. The Bertz CT molecular complexity index is 282. The van der Waals surface area contributed by atoms with Gasteiger partial charge in [0.05, 0.1) is 5.60 Å². The maximum absolute atomic E-state index is 12.6. The lowest BCUT2D eigenvalue weighted by atomic mass is 9.92. The Morgan fingerprint density at radius 2 is 1.93 bits per heavy atom. The second kappa shape index (κ2) is 4.53. The zero-order valence-corrected chi connectivity index (χ0v) is 8.55.